The molecule has 0 saturated carbocycles. The Bertz CT molecular complexity index is 400. The largest absolute Gasteiger partial charge is 0.392 e. The summed E-state index contributed by atoms with van der Waals surface area (Å²) in [6.07, 6.45) is -2.09. The minimum Gasteiger partial charge on any atom is -0.392 e. The van der Waals surface area contributed by atoms with Gasteiger partial charge in [0.25, 0.3) is 6.43 Å². The van der Waals surface area contributed by atoms with Gasteiger partial charge < -0.3 is 15.8 Å². The van der Waals surface area contributed by atoms with Crippen molar-refractivity contribution < 1.29 is 13.7 Å². The molecule has 15 heavy (non-hydrogen) atoms. The lowest BCUT2D eigenvalue weighted by Gasteiger charge is -2.07. The number of hydrogen-bond donors (Lipinski definition) is 1. The van der Waals surface area contributed by atoms with Crippen LogP contribution in [0.15, 0.2) is 6.20 Å². The molecule has 0 radical (unpaired) electrons. The average Bonchev–Trinajstić information content (AvgIpc) is 2.16. The van der Waals surface area contributed by atoms with Crippen LogP contribution in [0.3, 0.4) is 0 Å². The van der Waals surface area contributed by atoms with Crippen LogP contribution >= 0.6 is 11.6 Å². The van der Waals surface area contributed by atoms with Crippen LogP contribution in [0.2, 0.25) is 0 Å². The first-order valence-electron chi connectivity index (χ1n) is 3.74. The standard InChI is InChI=1S/C7H6ClF2N3O2/c8-1-3-4(6(9)10)2-12-7(5(3)11)13(14)15/h2,6H,1,11H2. The van der Waals surface area contributed by atoms with E-state index in [-0.39, 0.29) is 11.4 Å². The van der Waals surface area contributed by atoms with E-state index in [4.69, 9.17) is 17.3 Å². The summed E-state index contributed by atoms with van der Waals surface area (Å²) >= 11 is 5.39. The van der Waals surface area contributed by atoms with E-state index in [0.717, 1.165) is 6.20 Å². The fourth-order valence-electron chi connectivity index (χ4n) is 1.05. The van der Waals surface area contributed by atoms with Crippen LogP contribution < -0.4 is 5.73 Å². The minimum absolute atomic E-state index is 0.145. The zero-order valence-electron chi connectivity index (χ0n) is 7.28. The Hall–Kier alpha value is -1.50. The molecule has 1 aromatic heterocycles. The quantitative estimate of drug-likeness (QED) is 0.497. The van der Waals surface area contributed by atoms with Gasteiger partial charge >= 0.3 is 5.82 Å². The summed E-state index contributed by atoms with van der Waals surface area (Å²) in [6, 6.07) is 0. The first-order chi connectivity index (χ1) is 6.99. The zero-order valence-corrected chi connectivity index (χ0v) is 8.04. The van der Waals surface area contributed by atoms with Crippen LogP contribution in [-0.2, 0) is 5.88 Å². The molecule has 0 spiro atoms. The Labute approximate surface area is 88.0 Å². The molecule has 0 aromatic carbocycles. The van der Waals surface area contributed by atoms with Gasteiger partial charge in [0.15, 0.2) is 0 Å². The molecule has 0 aliphatic heterocycles. The van der Waals surface area contributed by atoms with E-state index in [0.29, 0.717) is 0 Å². The highest BCUT2D eigenvalue weighted by molar-refractivity contribution is 6.17. The van der Waals surface area contributed by atoms with Gasteiger partial charge in [0.05, 0.1) is 11.4 Å². The van der Waals surface area contributed by atoms with Crippen LogP contribution in [-0.4, -0.2) is 9.91 Å². The van der Waals surface area contributed by atoms with Gasteiger partial charge in [0.1, 0.15) is 11.9 Å². The van der Waals surface area contributed by atoms with Crippen molar-refractivity contribution in [1.29, 1.82) is 0 Å². The second kappa shape index (κ2) is 4.35. The van der Waals surface area contributed by atoms with E-state index >= 15 is 0 Å². The Morgan fingerprint density at radius 1 is 1.67 bits per heavy atom. The number of nitrogens with two attached hydrogens (primary N) is 1. The topological polar surface area (TPSA) is 82.0 Å². The Kier molecular flexibility index (Phi) is 3.35. The normalized spacial score (nSPS) is 10.7. The van der Waals surface area contributed by atoms with Crippen LogP contribution in [0.4, 0.5) is 20.3 Å². The van der Waals surface area contributed by atoms with Crippen molar-refractivity contribution in [1.82, 2.24) is 4.98 Å². The molecule has 0 atom stereocenters. The second-order valence-electron chi connectivity index (χ2n) is 2.62. The number of halogens is 3. The number of hydrogen-bond acceptors (Lipinski definition) is 4. The summed E-state index contributed by atoms with van der Waals surface area (Å²) in [5.41, 5.74) is 4.28. The molecular formula is C7H6ClF2N3O2. The molecule has 1 rings (SSSR count). The first kappa shape index (κ1) is 11.6. The van der Waals surface area contributed by atoms with Gasteiger partial charge in [-0.25, -0.2) is 8.78 Å². The number of rotatable bonds is 3. The maximum absolute atomic E-state index is 12.4. The predicted molar refractivity (Wildman–Crippen MR) is 49.8 cm³/mol. The maximum atomic E-state index is 12.4. The molecule has 0 unspecified atom stereocenters. The lowest BCUT2D eigenvalue weighted by Crippen LogP contribution is -2.05. The second-order valence-corrected chi connectivity index (χ2v) is 2.89. The zero-order chi connectivity index (χ0) is 11.6. The smallest absolute Gasteiger partial charge is 0.387 e. The van der Waals surface area contributed by atoms with Crippen molar-refractivity contribution in [3.63, 3.8) is 0 Å². The number of nitrogens with zero attached hydrogens (tertiary/aromatic N) is 2. The molecule has 0 aliphatic rings. The number of alkyl halides is 3. The van der Waals surface area contributed by atoms with Gasteiger partial charge in [0, 0.05) is 5.56 Å². The Morgan fingerprint density at radius 3 is 2.67 bits per heavy atom. The van der Waals surface area contributed by atoms with Gasteiger partial charge in [-0.1, -0.05) is 0 Å². The first-order valence-corrected chi connectivity index (χ1v) is 4.28. The number of anilines is 1. The Morgan fingerprint density at radius 2 is 2.27 bits per heavy atom. The highest BCUT2D eigenvalue weighted by Gasteiger charge is 2.24. The lowest BCUT2D eigenvalue weighted by atomic mass is 10.1. The third-order valence-electron chi connectivity index (χ3n) is 1.78. The molecule has 0 amide bonds. The molecule has 1 heterocycles. The van der Waals surface area contributed by atoms with Crippen molar-refractivity contribution in [2.45, 2.75) is 12.3 Å². The van der Waals surface area contributed by atoms with E-state index in [1.807, 2.05) is 0 Å². The molecule has 8 heteroatoms. The summed E-state index contributed by atoms with van der Waals surface area (Å²) in [6.45, 7) is 0. The van der Waals surface area contributed by atoms with E-state index in [1.165, 1.54) is 0 Å². The molecule has 0 aliphatic carbocycles. The summed E-state index contributed by atoms with van der Waals surface area (Å²) in [4.78, 5) is 12.8. The van der Waals surface area contributed by atoms with Crippen LogP contribution in [0.5, 0.6) is 0 Å². The van der Waals surface area contributed by atoms with Crippen molar-refractivity contribution in [2.75, 3.05) is 5.73 Å². The van der Waals surface area contributed by atoms with Gasteiger partial charge in [-0.15, -0.1) is 11.6 Å². The number of nitrogen functional groups attached to an aromatic ring is 1. The summed E-state index contributed by atoms with van der Waals surface area (Å²) in [5.74, 6) is -0.982. The van der Waals surface area contributed by atoms with E-state index in [1.54, 1.807) is 0 Å². The molecule has 0 bridgehead atoms. The lowest BCUT2D eigenvalue weighted by molar-refractivity contribution is -0.388. The number of aromatic nitrogens is 1. The number of nitro groups is 1. The molecule has 82 valence electrons. The summed E-state index contributed by atoms with van der Waals surface area (Å²) in [5, 5.41) is 10.4. The predicted octanol–water partition coefficient (Wildman–Crippen LogP) is 2.25. The SMILES string of the molecule is Nc1c([N+](=O)[O-])ncc(C(F)F)c1CCl. The Balaban J connectivity index is 3.39. The molecule has 5 nitrogen and oxygen atoms in total. The van der Waals surface area contributed by atoms with E-state index in [2.05, 4.69) is 4.98 Å². The fraction of sp³-hybridized carbons (Fsp3) is 0.286. The third kappa shape index (κ3) is 2.12. The van der Waals surface area contributed by atoms with Crippen molar-refractivity contribution in [3.8, 4) is 0 Å². The molecule has 0 fully saturated rings. The highest BCUT2D eigenvalue weighted by atomic mass is 35.5. The third-order valence-corrected chi connectivity index (χ3v) is 2.05. The monoisotopic (exact) mass is 237 g/mol. The molecular weight excluding hydrogens is 232 g/mol. The van der Waals surface area contributed by atoms with Gasteiger partial charge in [-0.3, -0.25) is 0 Å². The summed E-state index contributed by atoms with van der Waals surface area (Å²) in [7, 11) is 0. The number of pyridine rings is 1. The fourth-order valence-corrected chi connectivity index (χ4v) is 1.35. The van der Waals surface area contributed by atoms with E-state index < -0.39 is 28.4 Å². The van der Waals surface area contributed by atoms with E-state index in [9.17, 15) is 18.9 Å². The van der Waals surface area contributed by atoms with Crippen LogP contribution in [0.1, 0.15) is 17.6 Å². The molecule has 0 saturated heterocycles. The molecule has 1 aromatic rings. The minimum atomic E-state index is -2.81. The molecule has 2 N–H and O–H groups in total. The maximum Gasteiger partial charge on any atom is 0.387 e. The van der Waals surface area contributed by atoms with Crippen molar-refractivity contribution in [3.05, 3.63) is 27.4 Å². The van der Waals surface area contributed by atoms with Crippen molar-refractivity contribution in [2.24, 2.45) is 0 Å². The average molecular weight is 238 g/mol. The van der Waals surface area contributed by atoms with Gasteiger partial charge in [0.2, 0.25) is 0 Å². The van der Waals surface area contributed by atoms with Gasteiger partial charge in [-0.05, 0) is 9.91 Å². The van der Waals surface area contributed by atoms with Crippen LogP contribution in [0, 0.1) is 10.1 Å². The highest BCUT2D eigenvalue weighted by Crippen LogP contribution is 2.32. The van der Waals surface area contributed by atoms with Crippen molar-refractivity contribution >= 4 is 23.1 Å². The van der Waals surface area contributed by atoms with Crippen LogP contribution in [0.25, 0.3) is 0 Å². The summed E-state index contributed by atoms with van der Waals surface area (Å²) < 4.78 is 24.8. The van der Waals surface area contributed by atoms with Gasteiger partial charge in [-0.2, -0.15) is 0 Å².